The van der Waals surface area contributed by atoms with E-state index in [4.69, 9.17) is 0 Å². The lowest BCUT2D eigenvalue weighted by atomic mass is 10.0. The fraction of sp³-hybridized carbons (Fsp3) is 0.259. The first-order valence-electron chi connectivity index (χ1n) is 11.8. The molecule has 1 aliphatic heterocycles. The Morgan fingerprint density at radius 2 is 1.83 bits per heavy atom. The summed E-state index contributed by atoms with van der Waals surface area (Å²) < 4.78 is 28.0. The Balaban J connectivity index is 1.29. The SMILES string of the molecule is CCC1CCCCN1S(=O)(=O)c1ccc(C(=O)Nc2nc(-c3ccc4ccccc4c3)cs2)cc1. The largest absolute Gasteiger partial charge is 0.298 e. The highest BCUT2D eigenvalue weighted by atomic mass is 32.2. The van der Waals surface area contributed by atoms with Crippen LogP contribution in [0.2, 0.25) is 0 Å². The number of hydrogen-bond acceptors (Lipinski definition) is 5. The predicted molar refractivity (Wildman–Crippen MR) is 141 cm³/mol. The second kappa shape index (κ2) is 9.89. The Morgan fingerprint density at radius 1 is 1.06 bits per heavy atom. The molecule has 1 fully saturated rings. The number of nitrogens with one attached hydrogen (secondary N) is 1. The number of fused-ring (bicyclic) bond motifs is 1. The summed E-state index contributed by atoms with van der Waals surface area (Å²) in [4.78, 5) is 17.6. The van der Waals surface area contributed by atoms with E-state index in [-0.39, 0.29) is 16.8 Å². The van der Waals surface area contributed by atoms with Gasteiger partial charge in [-0.3, -0.25) is 10.1 Å². The van der Waals surface area contributed by atoms with Crippen LogP contribution in [0, 0.1) is 0 Å². The van der Waals surface area contributed by atoms with Gasteiger partial charge in [0, 0.05) is 29.1 Å². The zero-order valence-corrected chi connectivity index (χ0v) is 21.1. The highest BCUT2D eigenvalue weighted by Gasteiger charge is 2.32. The van der Waals surface area contributed by atoms with Crippen molar-refractivity contribution in [3.05, 3.63) is 77.7 Å². The predicted octanol–water partition coefficient (Wildman–Crippen LogP) is 6.17. The van der Waals surface area contributed by atoms with Crippen molar-refractivity contribution in [3.63, 3.8) is 0 Å². The fourth-order valence-corrected chi connectivity index (χ4v) is 7.08. The molecule has 1 aliphatic rings. The van der Waals surface area contributed by atoms with Crippen LogP contribution in [0.15, 0.2) is 77.0 Å². The number of amides is 1. The van der Waals surface area contributed by atoms with E-state index in [9.17, 15) is 13.2 Å². The van der Waals surface area contributed by atoms with E-state index >= 15 is 0 Å². The van der Waals surface area contributed by atoms with Crippen LogP contribution in [0.5, 0.6) is 0 Å². The van der Waals surface area contributed by atoms with Crippen molar-refractivity contribution in [2.75, 3.05) is 11.9 Å². The van der Waals surface area contributed by atoms with Crippen LogP contribution < -0.4 is 5.32 Å². The number of benzene rings is 3. The summed E-state index contributed by atoms with van der Waals surface area (Å²) in [5.41, 5.74) is 2.17. The third-order valence-corrected chi connectivity index (χ3v) is 9.26. The summed E-state index contributed by atoms with van der Waals surface area (Å²) in [6.07, 6.45) is 3.63. The maximum absolute atomic E-state index is 13.2. The van der Waals surface area contributed by atoms with E-state index in [0.29, 0.717) is 17.2 Å². The van der Waals surface area contributed by atoms with Gasteiger partial charge in [0.15, 0.2) is 5.13 Å². The highest BCUT2D eigenvalue weighted by Crippen LogP contribution is 2.29. The van der Waals surface area contributed by atoms with Gasteiger partial charge >= 0.3 is 0 Å². The molecule has 6 nitrogen and oxygen atoms in total. The molecule has 35 heavy (non-hydrogen) atoms. The number of piperidine rings is 1. The molecule has 0 radical (unpaired) electrons. The first kappa shape index (κ1) is 23.7. The first-order valence-corrected chi connectivity index (χ1v) is 14.2. The summed E-state index contributed by atoms with van der Waals surface area (Å²) in [5, 5.41) is 7.54. The molecule has 1 atom stereocenters. The molecule has 5 rings (SSSR count). The fourth-order valence-electron chi connectivity index (χ4n) is 4.59. The van der Waals surface area contributed by atoms with Crippen LogP contribution in [-0.2, 0) is 10.0 Å². The van der Waals surface area contributed by atoms with Gasteiger partial charge in [-0.15, -0.1) is 11.3 Å². The van der Waals surface area contributed by atoms with E-state index in [1.165, 1.54) is 23.5 Å². The smallest absolute Gasteiger partial charge is 0.257 e. The molecule has 0 aliphatic carbocycles. The zero-order chi connectivity index (χ0) is 24.4. The monoisotopic (exact) mass is 505 g/mol. The van der Waals surface area contributed by atoms with Gasteiger partial charge in [0.1, 0.15) is 0 Å². The van der Waals surface area contributed by atoms with Crippen LogP contribution in [-0.4, -0.2) is 36.2 Å². The van der Waals surface area contributed by atoms with E-state index < -0.39 is 10.0 Å². The number of rotatable bonds is 6. The van der Waals surface area contributed by atoms with Crippen molar-refractivity contribution < 1.29 is 13.2 Å². The maximum Gasteiger partial charge on any atom is 0.257 e. The van der Waals surface area contributed by atoms with E-state index in [0.717, 1.165) is 47.7 Å². The second-order valence-electron chi connectivity index (χ2n) is 8.75. The van der Waals surface area contributed by atoms with Crippen LogP contribution in [0.3, 0.4) is 0 Å². The lowest BCUT2D eigenvalue weighted by Crippen LogP contribution is -2.43. The number of aromatic nitrogens is 1. The first-order chi connectivity index (χ1) is 17.0. The van der Waals surface area contributed by atoms with Crippen LogP contribution in [0.1, 0.15) is 43.0 Å². The van der Waals surface area contributed by atoms with E-state index in [1.54, 1.807) is 16.4 Å². The molecular formula is C27H27N3O3S2. The number of anilines is 1. The van der Waals surface area contributed by atoms with Gasteiger partial charge in [-0.1, -0.05) is 49.7 Å². The topological polar surface area (TPSA) is 79.4 Å². The maximum atomic E-state index is 13.2. The quantitative estimate of drug-likeness (QED) is 0.340. The number of nitrogens with zero attached hydrogens (tertiary/aromatic N) is 2. The molecule has 0 bridgehead atoms. The molecule has 1 unspecified atom stereocenters. The van der Waals surface area contributed by atoms with Gasteiger partial charge in [-0.05, 0) is 60.4 Å². The molecule has 4 aromatic rings. The standard InChI is InChI=1S/C27H27N3O3S2/c1-2-23-9-5-6-16-30(23)35(32,33)24-14-12-20(13-15-24)26(31)29-27-28-25(18-34-27)22-11-10-19-7-3-4-8-21(19)17-22/h3-4,7-8,10-15,17-18,23H,2,5-6,9,16H2,1H3,(H,28,29,31). The molecule has 180 valence electrons. The number of hydrogen-bond donors (Lipinski definition) is 1. The van der Waals surface area contributed by atoms with Crippen molar-refractivity contribution in [1.82, 2.24) is 9.29 Å². The van der Waals surface area contributed by atoms with Crippen molar-refractivity contribution in [2.24, 2.45) is 0 Å². The van der Waals surface area contributed by atoms with Gasteiger partial charge in [0.25, 0.3) is 5.91 Å². The number of thiazole rings is 1. The average molecular weight is 506 g/mol. The van der Waals surface area contributed by atoms with Crippen LogP contribution >= 0.6 is 11.3 Å². The molecule has 0 spiro atoms. The zero-order valence-electron chi connectivity index (χ0n) is 19.5. The molecule has 0 saturated carbocycles. The molecule has 1 saturated heterocycles. The normalized spacial score (nSPS) is 16.9. The highest BCUT2D eigenvalue weighted by molar-refractivity contribution is 7.89. The molecule has 2 heterocycles. The van der Waals surface area contributed by atoms with Gasteiger partial charge in [-0.25, -0.2) is 13.4 Å². The molecule has 8 heteroatoms. The summed E-state index contributed by atoms with van der Waals surface area (Å²) in [6.45, 7) is 2.57. The van der Waals surface area contributed by atoms with Crippen molar-refractivity contribution in [2.45, 2.75) is 43.5 Å². The van der Waals surface area contributed by atoms with E-state index in [2.05, 4.69) is 34.6 Å². The van der Waals surface area contributed by atoms with Gasteiger partial charge < -0.3 is 0 Å². The van der Waals surface area contributed by atoms with Gasteiger partial charge in [-0.2, -0.15) is 4.31 Å². The minimum Gasteiger partial charge on any atom is -0.298 e. The van der Waals surface area contributed by atoms with Crippen LogP contribution in [0.4, 0.5) is 5.13 Å². The molecule has 1 aromatic heterocycles. The Kier molecular flexibility index (Phi) is 6.69. The van der Waals surface area contributed by atoms with Crippen molar-refractivity contribution in [1.29, 1.82) is 0 Å². The number of carbonyl (C=O) groups is 1. The van der Waals surface area contributed by atoms with Crippen molar-refractivity contribution in [3.8, 4) is 11.3 Å². The summed E-state index contributed by atoms with van der Waals surface area (Å²) in [6, 6.07) is 20.5. The van der Waals surface area contributed by atoms with Gasteiger partial charge in [0.2, 0.25) is 10.0 Å². The van der Waals surface area contributed by atoms with Crippen molar-refractivity contribution >= 4 is 43.2 Å². The summed E-state index contributed by atoms with van der Waals surface area (Å²) in [7, 11) is -3.58. The Labute approximate surface area is 209 Å². The molecular weight excluding hydrogens is 478 g/mol. The third-order valence-electron chi connectivity index (χ3n) is 6.54. The second-order valence-corrected chi connectivity index (χ2v) is 11.5. The molecule has 1 N–H and O–H groups in total. The number of carbonyl (C=O) groups excluding carboxylic acids is 1. The molecule has 1 amide bonds. The Bertz CT molecular complexity index is 1460. The number of sulfonamides is 1. The third kappa shape index (κ3) is 4.87. The average Bonchev–Trinajstić information content (AvgIpc) is 3.37. The minimum atomic E-state index is -3.58. The Hall–Kier alpha value is -3.07. The lowest BCUT2D eigenvalue weighted by Gasteiger charge is -2.34. The summed E-state index contributed by atoms with van der Waals surface area (Å²) >= 11 is 1.36. The minimum absolute atomic E-state index is 0.0402. The lowest BCUT2D eigenvalue weighted by molar-refractivity contribution is 0.102. The van der Waals surface area contributed by atoms with E-state index in [1.807, 2.05) is 30.5 Å². The van der Waals surface area contributed by atoms with Crippen LogP contribution in [0.25, 0.3) is 22.0 Å². The molecule has 3 aromatic carbocycles. The summed E-state index contributed by atoms with van der Waals surface area (Å²) in [5.74, 6) is -0.322. The Morgan fingerprint density at radius 3 is 2.60 bits per heavy atom. The van der Waals surface area contributed by atoms with Gasteiger partial charge in [0.05, 0.1) is 10.6 Å².